The number of pyridine rings is 1. The summed E-state index contributed by atoms with van der Waals surface area (Å²) in [4.78, 5) is 21.1. The third-order valence-electron chi connectivity index (χ3n) is 4.79. The van der Waals surface area contributed by atoms with Crippen molar-refractivity contribution in [1.29, 1.82) is 0 Å². The smallest absolute Gasteiger partial charge is 0.225 e. The van der Waals surface area contributed by atoms with Gasteiger partial charge in [0.1, 0.15) is 0 Å². The molecule has 1 aromatic heterocycles. The number of amides is 1. The molecule has 2 fully saturated rings. The maximum absolute atomic E-state index is 12.5. The summed E-state index contributed by atoms with van der Waals surface area (Å²) >= 11 is 0. The van der Waals surface area contributed by atoms with Gasteiger partial charge in [-0.2, -0.15) is 0 Å². The first kappa shape index (κ1) is 14.5. The molecule has 0 N–H and O–H groups in total. The summed E-state index contributed by atoms with van der Waals surface area (Å²) in [7, 11) is 0. The Morgan fingerprint density at radius 2 is 1.71 bits per heavy atom. The van der Waals surface area contributed by atoms with Crippen LogP contribution in [0.2, 0.25) is 0 Å². The first-order valence-electron chi connectivity index (χ1n) is 8.23. The Labute approximate surface area is 127 Å². The summed E-state index contributed by atoms with van der Waals surface area (Å²) in [6.45, 7) is 4.72. The number of aromatic nitrogens is 1. The van der Waals surface area contributed by atoms with Crippen LogP contribution >= 0.6 is 0 Å². The highest BCUT2D eigenvalue weighted by Gasteiger charge is 2.28. The van der Waals surface area contributed by atoms with Crippen LogP contribution in [0.1, 0.15) is 37.7 Å². The molecule has 2 aliphatic rings. The van der Waals surface area contributed by atoms with Gasteiger partial charge >= 0.3 is 0 Å². The van der Waals surface area contributed by atoms with E-state index in [9.17, 15) is 4.79 Å². The quantitative estimate of drug-likeness (QED) is 0.856. The number of hydrogen-bond acceptors (Lipinski definition) is 3. The lowest BCUT2D eigenvalue weighted by molar-refractivity contribution is -0.138. The molecule has 114 valence electrons. The largest absolute Gasteiger partial charge is 0.340 e. The Morgan fingerprint density at radius 3 is 2.38 bits per heavy atom. The van der Waals surface area contributed by atoms with Crippen LogP contribution in [0.25, 0.3) is 0 Å². The topological polar surface area (TPSA) is 36.4 Å². The van der Waals surface area contributed by atoms with Gasteiger partial charge in [0.2, 0.25) is 5.91 Å². The van der Waals surface area contributed by atoms with Gasteiger partial charge in [-0.05, 0) is 30.5 Å². The van der Waals surface area contributed by atoms with Crippen LogP contribution in [-0.2, 0) is 11.3 Å². The second kappa shape index (κ2) is 7.03. The summed E-state index contributed by atoms with van der Waals surface area (Å²) < 4.78 is 0. The minimum absolute atomic E-state index is 0.311. The third kappa shape index (κ3) is 3.82. The lowest BCUT2D eigenvalue weighted by atomic mass is 9.88. The number of hydrogen-bond donors (Lipinski definition) is 0. The van der Waals surface area contributed by atoms with E-state index in [2.05, 4.69) is 26.9 Å². The lowest BCUT2D eigenvalue weighted by Gasteiger charge is -2.37. The lowest BCUT2D eigenvalue weighted by Crippen LogP contribution is -2.50. The van der Waals surface area contributed by atoms with Crippen molar-refractivity contribution in [3.05, 3.63) is 30.1 Å². The number of rotatable bonds is 3. The average molecular weight is 287 g/mol. The van der Waals surface area contributed by atoms with Crippen molar-refractivity contribution in [2.24, 2.45) is 5.92 Å². The van der Waals surface area contributed by atoms with Crippen LogP contribution in [0.5, 0.6) is 0 Å². The van der Waals surface area contributed by atoms with Gasteiger partial charge < -0.3 is 4.90 Å². The maximum atomic E-state index is 12.5. The zero-order valence-electron chi connectivity index (χ0n) is 12.7. The SMILES string of the molecule is O=C(C1CCCCC1)N1CCN(Cc2ccncc2)CC1. The molecule has 0 unspecified atom stereocenters. The van der Waals surface area contributed by atoms with Gasteiger partial charge in [-0.1, -0.05) is 19.3 Å². The summed E-state index contributed by atoms with van der Waals surface area (Å²) in [6, 6.07) is 4.14. The molecule has 4 nitrogen and oxygen atoms in total. The highest BCUT2D eigenvalue weighted by Crippen LogP contribution is 2.25. The zero-order valence-corrected chi connectivity index (χ0v) is 12.7. The van der Waals surface area contributed by atoms with Crippen molar-refractivity contribution in [2.45, 2.75) is 38.6 Å². The van der Waals surface area contributed by atoms with Crippen LogP contribution in [0, 0.1) is 5.92 Å². The number of piperazine rings is 1. The van der Waals surface area contributed by atoms with E-state index in [1.165, 1.54) is 24.8 Å². The zero-order chi connectivity index (χ0) is 14.5. The van der Waals surface area contributed by atoms with Gasteiger partial charge in [0.25, 0.3) is 0 Å². The van der Waals surface area contributed by atoms with Crippen LogP contribution in [0.3, 0.4) is 0 Å². The molecule has 1 amide bonds. The van der Waals surface area contributed by atoms with Crippen molar-refractivity contribution in [1.82, 2.24) is 14.8 Å². The number of carbonyl (C=O) groups is 1. The van der Waals surface area contributed by atoms with Gasteiger partial charge in [0, 0.05) is 51.0 Å². The molecule has 1 aliphatic heterocycles. The Morgan fingerprint density at radius 1 is 1.05 bits per heavy atom. The molecule has 3 rings (SSSR count). The van der Waals surface area contributed by atoms with Crippen molar-refractivity contribution in [2.75, 3.05) is 26.2 Å². The Hall–Kier alpha value is -1.42. The Bertz CT molecular complexity index is 448. The van der Waals surface area contributed by atoms with E-state index in [0.717, 1.165) is 45.6 Å². The molecular weight excluding hydrogens is 262 g/mol. The van der Waals surface area contributed by atoms with Crippen molar-refractivity contribution in [3.63, 3.8) is 0 Å². The molecule has 21 heavy (non-hydrogen) atoms. The van der Waals surface area contributed by atoms with Crippen LogP contribution in [-0.4, -0.2) is 46.9 Å². The molecule has 1 aromatic rings. The second-order valence-corrected chi connectivity index (χ2v) is 6.29. The van der Waals surface area contributed by atoms with E-state index in [0.29, 0.717) is 11.8 Å². The molecular formula is C17H25N3O. The first-order chi connectivity index (χ1) is 10.3. The highest BCUT2D eigenvalue weighted by molar-refractivity contribution is 5.79. The Balaban J connectivity index is 1.47. The molecule has 0 bridgehead atoms. The van der Waals surface area contributed by atoms with Crippen molar-refractivity contribution >= 4 is 5.91 Å². The van der Waals surface area contributed by atoms with Gasteiger partial charge in [0.15, 0.2) is 0 Å². The third-order valence-corrected chi connectivity index (χ3v) is 4.79. The van der Waals surface area contributed by atoms with E-state index in [-0.39, 0.29) is 0 Å². The molecule has 0 spiro atoms. The minimum atomic E-state index is 0.311. The van der Waals surface area contributed by atoms with Gasteiger partial charge in [0.05, 0.1) is 0 Å². The van der Waals surface area contributed by atoms with Crippen molar-refractivity contribution in [3.8, 4) is 0 Å². The van der Waals surface area contributed by atoms with Crippen molar-refractivity contribution < 1.29 is 4.79 Å². The fraction of sp³-hybridized carbons (Fsp3) is 0.647. The van der Waals surface area contributed by atoms with E-state index < -0.39 is 0 Å². The molecule has 4 heteroatoms. The molecule has 2 heterocycles. The standard InChI is InChI=1S/C17H25N3O/c21-17(16-4-2-1-3-5-16)20-12-10-19(11-13-20)14-15-6-8-18-9-7-15/h6-9,16H,1-5,10-14H2. The van der Waals surface area contributed by atoms with Crippen LogP contribution in [0.15, 0.2) is 24.5 Å². The predicted molar refractivity (Wildman–Crippen MR) is 82.7 cm³/mol. The van der Waals surface area contributed by atoms with E-state index in [1.54, 1.807) is 0 Å². The first-order valence-corrected chi connectivity index (χ1v) is 8.23. The minimum Gasteiger partial charge on any atom is -0.340 e. The molecule has 0 aromatic carbocycles. The molecule has 1 saturated carbocycles. The second-order valence-electron chi connectivity index (χ2n) is 6.29. The van der Waals surface area contributed by atoms with Crippen LogP contribution in [0.4, 0.5) is 0 Å². The molecule has 1 aliphatic carbocycles. The summed E-state index contributed by atoms with van der Waals surface area (Å²) in [5.74, 6) is 0.726. The maximum Gasteiger partial charge on any atom is 0.225 e. The van der Waals surface area contributed by atoms with Gasteiger partial charge in [-0.25, -0.2) is 0 Å². The Kier molecular flexibility index (Phi) is 4.86. The van der Waals surface area contributed by atoms with Gasteiger partial charge in [-0.3, -0.25) is 14.7 Å². The predicted octanol–water partition coefficient (Wildman–Crippen LogP) is 2.31. The highest BCUT2D eigenvalue weighted by atomic mass is 16.2. The molecule has 0 atom stereocenters. The average Bonchev–Trinajstić information content (AvgIpc) is 2.57. The normalized spacial score (nSPS) is 21.4. The number of carbonyl (C=O) groups excluding carboxylic acids is 1. The fourth-order valence-corrected chi connectivity index (χ4v) is 3.48. The van der Waals surface area contributed by atoms with Gasteiger partial charge in [-0.15, -0.1) is 0 Å². The summed E-state index contributed by atoms with van der Waals surface area (Å²) in [5.41, 5.74) is 1.30. The number of nitrogens with zero attached hydrogens (tertiary/aromatic N) is 3. The van der Waals surface area contributed by atoms with E-state index in [4.69, 9.17) is 0 Å². The molecule has 0 radical (unpaired) electrons. The van der Waals surface area contributed by atoms with E-state index in [1.807, 2.05) is 12.4 Å². The summed E-state index contributed by atoms with van der Waals surface area (Å²) in [6.07, 6.45) is 9.68. The van der Waals surface area contributed by atoms with E-state index >= 15 is 0 Å². The summed E-state index contributed by atoms with van der Waals surface area (Å²) in [5, 5.41) is 0. The monoisotopic (exact) mass is 287 g/mol. The molecule has 1 saturated heterocycles. The fourth-order valence-electron chi connectivity index (χ4n) is 3.48. The van der Waals surface area contributed by atoms with Crippen LogP contribution < -0.4 is 0 Å².